The van der Waals surface area contributed by atoms with Gasteiger partial charge in [-0.1, -0.05) is 48.0 Å². The van der Waals surface area contributed by atoms with Gasteiger partial charge in [0.25, 0.3) is 0 Å². The predicted octanol–water partition coefficient (Wildman–Crippen LogP) is 4.72. The predicted molar refractivity (Wildman–Crippen MR) is 71.1 cm³/mol. The molecule has 0 spiro atoms. The Bertz CT molecular complexity index is 660. The van der Waals surface area contributed by atoms with Crippen molar-refractivity contribution in [2.75, 3.05) is 0 Å². The van der Waals surface area contributed by atoms with Gasteiger partial charge in [0.2, 0.25) is 0 Å². The molecule has 0 radical (unpaired) electrons. The Labute approximate surface area is 101 Å². The molecule has 3 aromatic rings. The van der Waals surface area contributed by atoms with E-state index >= 15 is 0 Å². The number of rotatable bonds is 1. The third-order valence-corrected chi connectivity index (χ3v) is 3.08. The number of hydrogen-bond acceptors (Lipinski definition) is 1. The second kappa shape index (κ2) is 3.77. The molecule has 0 saturated heterocycles. The fraction of sp³-hybridized carbons (Fsp3) is 0.125. The lowest BCUT2D eigenvalue weighted by Gasteiger charge is -1.97. The Morgan fingerprint density at radius 3 is 2.35 bits per heavy atom. The van der Waals surface area contributed by atoms with Gasteiger partial charge in [-0.2, -0.15) is 0 Å². The van der Waals surface area contributed by atoms with Crippen LogP contribution in [0, 0.1) is 13.8 Å². The summed E-state index contributed by atoms with van der Waals surface area (Å²) in [4.78, 5) is 0. The summed E-state index contributed by atoms with van der Waals surface area (Å²) < 4.78 is 5.92. The maximum absolute atomic E-state index is 5.92. The van der Waals surface area contributed by atoms with Gasteiger partial charge < -0.3 is 4.42 Å². The number of fused-ring (bicyclic) bond motifs is 1. The smallest absolute Gasteiger partial charge is 0.137 e. The van der Waals surface area contributed by atoms with Gasteiger partial charge in [0, 0.05) is 10.9 Å². The maximum atomic E-state index is 5.92. The first-order valence-electron chi connectivity index (χ1n) is 5.80. The molecule has 84 valence electrons. The fourth-order valence-corrected chi connectivity index (χ4v) is 2.07. The second-order valence-corrected chi connectivity index (χ2v) is 4.47. The van der Waals surface area contributed by atoms with Gasteiger partial charge >= 0.3 is 0 Å². The molecule has 2 aromatic carbocycles. The third-order valence-electron chi connectivity index (χ3n) is 3.08. The van der Waals surface area contributed by atoms with E-state index in [1.54, 1.807) is 0 Å². The molecule has 0 aliphatic heterocycles. The molecule has 1 nitrogen and oxygen atoms in total. The van der Waals surface area contributed by atoms with Crippen LogP contribution in [-0.4, -0.2) is 0 Å². The van der Waals surface area contributed by atoms with Crippen molar-refractivity contribution in [1.29, 1.82) is 0 Å². The molecular formula is C16H14O. The Morgan fingerprint density at radius 1 is 0.882 bits per heavy atom. The van der Waals surface area contributed by atoms with E-state index in [4.69, 9.17) is 4.42 Å². The Kier molecular flexibility index (Phi) is 2.25. The van der Waals surface area contributed by atoms with E-state index < -0.39 is 0 Å². The first-order chi connectivity index (χ1) is 8.24. The Hall–Kier alpha value is -2.02. The first-order valence-corrected chi connectivity index (χ1v) is 5.80. The molecule has 0 amide bonds. The van der Waals surface area contributed by atoms with Crippen LogP contribution in [0.3, 0.4) is 0 Å². The molecule has 0 aliphatic carbocycles. The Balaban J connectivity index is 2.18. The van der Waals surface area contributed by atoms with Crippen molar-refractivity contribution >= 4 is 11.0 Å². The molecule has 0 aliphatic rings. The van der Waals surface area contributed by atoms with E-state index in [2.05, 4.69) is 62.4 Å². The van der Waals surface area contributed by atoms with Gasteiger partial charge in [-0.3, -0.25) is 0 Å². The van der Waals surface area contributed by atoms with Crippen molar-refractivity contribution in [3.8, 4) is 11.3 Å². The fourth-order valence-electron chi connectivity index (χ4n) is 2.07. The van der Waals surface area contributed by atoms with Crippen LogP contribution in [0.25, 0.3) is 22.3 Å². The van der Waals surface area contributed by atoms with Gasteiger partial charge in [0.05, 0.1) is 0 Å². The highest BCUT2D eigenvalue weighted by molar-refractivity contribution is 5.85. The van der Waals surface area contributed by atoms with Crippen molar-refractivity contribution in [2.24, 2.45) is 0 Å². The molecule has 0 atom stereocenters. The summed E-state index contributed by atoms with van der Waals surface area (Å²) in [6, 6.07) is 16.7. The summed E-state index contributed by atoms with van der Waals surface area (Å²) >= 11 is 0. The summed E-state index contributed by atoms with van der Waals surface area (Å²) in [6.07, 6.45) is 0. The summed E-state index contributed by atoms with van der Waals surface area (Å²) in [6.45, 7) is 4.16. The van der Waals surface area contributed by atoms with Crippen LogP contribution in [0.4, 0.5) is 0 Å². The molecule has 1 heterocycles. The number of benzene rings is 2. The standard InChI is InChI=1S/C16H14O/c1-11-6-8-13(9-7-11)15-10-14-5-3-4-12(2)16(14)17-15/h3-10H,1-2H3. The molecule has 3 rings (SSSR count). The molecule has 0 fully saturated rings. The second-order valence-electron chi connectivity index (χ2n) is 4.47. The highest BCUT2D eigenvalue weighted by Crippen LogP contribution is 2.29. The topological polar surface area (TPSA) is 13.1 Å². The van der Waals surface area contributed by atoms with Crippen LogP contribution in [0.5, 0.6) is 0 Å². The zero-order chi connectivity index (χ0) is 11.8. The summed E-state index contributed by atoms with van der Waals surface area (Å²) in [5, 5.41) is 1.17. The molecule has 0 bridgehead atoms. The highest BCUT2D eigenvalue weighted by Gasteiger charge is 2.07. The van der Waals surface area contributed by atoms with Gasteiger partial charge in [-0.05, 0) is 25.5 Å². The Morgan fingerprint density at radius 2 is 1.65 bits per heavy atom. The van der Waals surface area contributed by atoms with Crippen LogP contribution in [-0.2, 0) is 0 Å². The molecule has 0 unspecified atom stereocenters. The van der Waals surface area contributed by atoms with E-state index in [0.717, 1.165) is 16.9 Å². The van der Waals surface area contributed by atoms with E-state index in [9.17, 15) is 0 Å². The van der Waals surface area contributed by atoms with Crippen LogP contribution < -0.4 is 0 Å². The minimum absolute atomic E-state index is 0.939. The minimum atomic E-state index is 0.939. The van der Waals surface area contributed by atoms with Crippen molar-refractivity contribution in [3.05, 3.63) is 59.7 Å². The first kappa shape index (κ1) is 10.2. The van der Waals surface area contributed by atoms with Crippen molar-refractivity contribution in [2.45, 2.75) is 13.8 Å². The van der Waals surface area contributed by atoms with Crippen molar-refractivity contribution < 1.29 is 4.42 Å². The number of hydrogen-bond donors (Lipinski definition) is 0. The lowest BCUT2D eigenvalue weighted by molar-refractivity contribution is 0.629. The van der Waals surface area contributed by atoms with E-state index in [0.29, 0.717) is 0 Å². The summed E-state index contributed by atoms with van der Waals surface area (Å²) in [7, 11) is 0. The zero-order valence-electron chi connectivity index (χ0n) is 10.0. The van der Waals surface area contributed by atoms with Gasteiger partial charge in [0.15, 0.2) is 0 Å². The molecule has 0 saturated carbocycles. The summed E-state index contributed by atoms with van der Waals surface area (Å²) in [5.74, 6) is 0.939. The van der Waals surface area contributed by atoms with E-state index in [-0.39, 0.29) is 0 Å². The monoisotopic (exact) mass is 222 g/mol. The van der Waals surface area contributed by atoms with Gasteiger partial charge in [-0.25, -0.2) is 0 Å². The quantitative estimate of drug-likeness (QED) is 0.580. The highest BCUT2D eigenvalue weighted by atomic mass is 16.3. The molecule has 1 aromatic heterocycles. The molecular weight excluding hydrogens is 208 g/mol. The maximum Gasteiger partial charge on any atom is 0.137 e. The lowest BCUT2D eigenvalue weighted by Crippen LogP contribution is -1.74. The molecule has 0 N–H and O–H groups in total. The number of aryl methyl sites for hydroxylation is 2. The van der Waals surface area contributed by atoms with Crippen molar-refractivity contribution in [3.63, 3.8) is 0 Å². The molecule has 17 heavy (non-hydrogen) atoms. The number of para-hydroxylation sites is 1. The van der Waals surface area contributed by atoms with Crippen molar-refractivity contribution in [1.82, 2.24) is 0 Å². The lowest BCUT2D eigenvalue weighted by atomic mass is 10.1. The van der Waals surface area contributed by atoms with E-state index in [1.807, 2.05) is 0 Å². The average Bonchev–Trinajstić information content (AvgIpc) is 2.75. The SMILES string of the molecule is Cc1ccc(-c2cc3cccc(C)c3o2)cc1. The van der Waals surface area contributed by atoms with Gasteiger partial charge in [0.1, 0.15) is 11.3 Å². The van der Waals surface area contributed by atoms with Crippen LogP contribution in [0.2, 0.25) is 0 Å². The summed E-state index contributed by atoms with van der Waals surface area (Å²) in [5.41, 5.74) is 4.57. The largest absolute Gasteiger partial charge is 0.456 e. The van der Waals surface area contributed by atoms with Crippen LogP contribution in [0.1, 0.15) is 11.1 Å². The third kappa shape index (κ3) is 1.74. The van der Waals surface area contributed by atoms with E-state index in [1.165, 1.54) is 16.5 Å². The normalized spacial score (nSPS) is 10.9. The van der Waals surface area contributed by atoms with Gasteiger partial charge in [-0.15, -0.1) is 0 Å². The zero-order valence-corrected chi connectivity index (χ0v) is 10.0. The number of furan rings is 1. The average molecular weight is 222 g/mol. The minimum Gasteiger partial charge on any atom is -0.456 e. The van der Waals surface area contributed by atoms with Crippen LogP contribution in [0.15, 0.2) is 52.9 Å². The molecule has 1 heteroatoms. The van der Waals surface area contributed by atoms with Crippen LogP contribution >= 0.6 is 0 Å².